The lowest BCUT2D eigenvalue weighted by molar-refractivity contribution is -0.116. The van der Waals surface area contributed by atoms with Crippen molar-refractivity contribution in [2.75, 3.05) is 29.9 Å². The van der Waals surface area contributed by atoms with Gasteiger partial charge >= 0.3 is 0 Å². The number of anilines is 1. The van der Waals surface area contributed by atoms with Gasteiger partial charge in [0.25, 0.3) is 0 Å². The van der Waals surface area contributed by atoms with Gasteiger partial charge in [0.1, 0.15) is 0 Å². The van der Waals surface area contributed by atoms with Crippen LogP contribution < -0.4 is 10.6 Å². The van der Waals surface area contributed by atoms with Crippen LogP contribution in [0.1, 0.15) is 22.6 Å². The number of carbonyl (C=O) groups excluding carboxylic acids is 1. The van der Waals surface area contributed by atoms with Crippen LogP contribution in [-0.4, -0.2) is 46.4 Å². The fraction of sp³-hybridized carbons (Fsp3) is 0.474. The van der Waals surface area contributed by atoms with E-state index < -0.39 is 0 Å². The van der Waals surface area contributed by atoms with Crippen molar-refractivity contribution in [3.8, 4) is 0 Å². The lowest BCUT2D eigenvalue weighted by Crippen LogP contribution is -2.39. The number of nitrogens with zero attached hydrogens (tertiary/aromatic N) is 2. The lowest BCUT2D eigenvalue weighted by atomic mass is 10.1. The number of rotatable bonds is 5. The van der Waals surface area contributed by atoms with Crippen LogP contribution in [0.5, 0.6) is 0 Å². The highest BCUT2D eigenvalue weighted by Gasteiger charge is 2.22. The molecule has 2 aromatic rings. The highest BCUT2D eigenvalue weighted by molar-refractivity contribution is 7.99. The number of thiazole rings is 1. The first-order valence-corrected chi connectivity index (χ1v) is 11.1. The van der Waals surface area contributed by atoms with Crippen LogP contribution in [-0.2, 0) is 24.3 Å². The summed E-state index contributed by atoms with van der Waals surface area (Å²) >= 11 is 3.54. The molecule has 2 aliphatic heterocycles. The van der Waals surface area contributed by atoms with Crippen LogP contribution in [0.15, 0.2) is 30.3 Å². The summed E-state index contributed by atoms with van der Waals surface area (Å²) < 4.78 is 0. The Morgan fingerprint density at radius 3 is 2.86 bits per heavy atom. The third kappa shape index (κ3) is 6.34. The van der Waals surface area contributed by atoms with Gasteiger partial charge in [-0.2, -0.15) is 11.8 Å². The number of amides is 1. The molecule has 1 aromatic carbocycles. The molecule has 5 nitrogen and oxygen atoms in total. The number of fused-ring (bicyclic) bond motifs is 1. The Bertz CT molecular complexity index is 754. The van der Waals surface area contributed by atoms with Crippen molar-refractivity contribution < 1.29 is 4.79 Å². The minimum Gasteiger partial charge on any atom is -0.312 e. The van der Waals surface area contributed by atoms with Crippen LogP contribution in [0.2, 0.25) is 0 Å². The Balaban J connectivity index is 0.00000140. The second kappa shape index (κ2) is 11.4. The fourth-order valence-electron chi connectivity index (χ4n) is 3.42. The molecule has 1 saturated heterocycles. The first-order chi connectivity index (χ1) is 12.8. The highest BCUT2D eigenvalue weighted by atomic mass is 35.5. The molecule has 3 heterocycles. The minimum atomic E-state index is 0. The van der Waals surface area contributed by atoms with E-state index >= 15 is 0 Å². The predicted molar refractivity (Wildman–Crippen MR) is 123 cm³/mol. The van der Waals surface area contributed by atoms with Gasteiger partial charge in [-0.05, 0) is 5.56 Å². The van der Waals surface area contributed by atoms with Crippen molar-refractivity contribution in [3.63, 3.8) is 0 Å². The summed E-state index contributed by atoms with van der Waals surface area (Å²) in [5.41, 5.74) is 2.49. The van der Waals surface area contributed by atoms with Gasteiger partial charge in [-0.3, -0.25) is 9.69 Å². The zero-order chi connectivity index (χ0) is 17.8. The van der Waals surface area contributed by atoms with E-state index in [2.05, 4.69) is 50.8 Å². The van der Waals surface area contributed by atoms with Gasteiger partial charge in [-0.15, -0.1) is 36.2 Å². The number of benzene rings is 1. The number of aromatic nitrogens is 1. The summed E-state index contributed by atoms with van der Waals surface area (Å²) in [5, 5.41) is 7.17. The summed E-state index contributed by atoms with van der Waals surface area (Å²) in [4.78, 5) is 20.7. The molecule has 0 bridgehead atoms. The topological polar surface area (TPSA) is 57.3 Å². The van der Waals surface area contributed by atoms with Crippen molar-refractivity contribution in [3.05, 3.63) is 46.5 Å². The number of nitrogens with one attached hydrogen (secondary N) is 2. The van der Waals surface area contributed by atoms with Crippen LogP contribution in [0.3, 0.4) is 0 Å². The van der Waals surface area contributed by atoms with Crippen LogP contribution in [0.4, 0.5) is 5.13 Å². The van der Waals surface area contributed by atoms with E-state index in [1.54, 1.807) is 11.3 Å². The Morgan fingerprint density at radius 1 is 1.29 bits per heavy atom. The molecule has 9 heteroatoms. The van der Waals surface area contributed by atoms with E-state index in [0.717, 1.165) is 54.9 Å². The van der Waals surface area contributed by atoms with Gasteiger partial charge in [0, 0.05) is 61.4 Å². The zero-order valence-corrected chi connectivity index (χ0v) is 18.8. The molecule has 1 fully saturated rings. The molecule has 1 amide bonds. The molecule has 4 rings (SSSR count). The molecule has 0 radical (unpaired) electrons. The number of hydrogen-bond donors (Lipinski definition) is 2. The second-order valence-corrected chi connectivity index (χ2v) is 9.05. The van der Waals surface area contributed by atoms with Gasteiger partial charge in [0.05, 0.1) is 5.69 Å². The Labute approximate surface area is 186 Å². The lowest BCUT2D eigenvalue weighted by Gasteiger charge is -2.25. The first kappa shape index (κ1) is 23.4. The van der Waals surface area contributed by atoms with Crippen molar-refractivity contribution in [2.24, 2.45) is 0 Å². The molecule has 1 atom stereocenters. The van der Waals surface area contributed by atoms with Crippen molar-refractivity contribution >= 4 is 59.0 Å². The molecule has 28 heavy (non-hydrogen) atoms. The van der Waals surface area contributed by atoms with Gasteiger partial charge in [0.15, 0.2) is 5.13 Å². The Morgan fingerprint density at radius 2 is 2.11 bits per heavy atom. The quantitative estimate of drug-likeness (QED) is 0.713. The number of thioether (sulfide) groups is 1. The first-order valence-electron chi connectivity index (χ1n) is 9.12. The zero-order valence-electron chi connectivity index (χ0n) is 15.6. The van der Waals surface area contributed by atoms with Gasteiger partial charge in [0.2, 0.25) is 5.91 Å². The molecule has 0 aliphatic carbocycles. The molecule has 1 aromatic heterocycles. The summed E-state index contributed by atoms with van der Waals surface area (Å²) in [6.45, 7) is 3.89. The average molecular weight is 461 g/mol. The van der Waals surface area contributed by atoms with E-state index in [-0.39, 0.29) is 36.8 Å². The molecular formula is C19H26Cl2N4OS2. The standard InChI is InChI=1S/C19H24N4OS2.2ClH/c24-18(10-15-13-25-9-7-20-15)22-19-21-16-6-8-23(12-17(16)26-19)11-14-4-2-1-3-5-14;;/h1-5,15,20H,6-13H2,(H,21,22,24);2*1H. The number of hydrogen-bond acceptors (Lipinski definition) is 6. The molecule has 1 unspecified atom stereocenters. The molecule has 2 N–H and O–H groups in total. The van der Waals surface area contributed by atoms with Gasteiger partial charge in [-0.1, -0.05) is 30.3 Å². The minimum absolute atomic E-state index is 0. The van der Waals surface area contributed by atoms with E-state index in [4.69, 9.17) is 0 Å². The van der Waals surface area contributed by atoms with E-state index in [0.29, 0.717) is 6.42 Å². The third-order valence-corrected chi connectivity index (χ3v) is 6.86. The van der Waals surface area contributed by atoms with Crippen molar-refractivity contribution in [1.29, 1.82) is 0 Å². The maximum atomic E-state index is 12.3. The largest absolute Gasteiger partial charge is 0.312 e. The maximum absolute atomic E-state index is 12.3. The summed E-state index contributed by atoms with van der Waals surface area (Å²) in [6, 6.07) is 10.9. The molecular weight excluding hydrogens is 435 g/mol. The Kier molecular flexibility index (Phi) is 9.53. The van der Waals surface area contributed by atoms with E-state index in [9.17, 15) is 4.79 Å². The average Bonchev–Trinajstić information content (AvgIpc) is 3.04. The molecule has 2 aliphatic rings. The summed E-state index contributed by atoms with van der Waals surface area (Å²) in [5.74, 6) is 2.21. The van der Waals surface area contributed by atoms with E-state index in [1.165, 1.54) is 10.4 Å². The Hall–Kier alpha value is -0.830. The fourth-order valence-corrected chi connectivity index (χ4v) is 5.44. The van der Waals surface area contributed by atoms with Gasteiger partial charge < -0.3 is 10.6 Å². The van der Waals surface area contributed by atoms with E-state index in [1.807, 2.05) is 11.8 Å². The van der Waals surface area contributed by atoms with Crippen molar-refractivity contribution in [1.82, 2.24) is 15.2 Å². The molecule has 0 spiro atoms. The van der Waals surface area contributed by atoms with Gasteiger partial charge in [-0.25, -0.2) is 4.98 Å². The number of halogens is 2. The van der Waals surface area contributed by atoms with Crippen molar-refractivity contribution in [2.45, 2.75) is 32.0 Å². The highest BCUT2D eigenvalue weighted by Crippen LogP contribution is 2.29. The monoisotopic (exact) mass is 460 g/mol. The predicted octanol–water partition coefficient (Wildman–Crippen LogP) is 3.58. The summed E-state index contributed by atoms with van der Waals surface area (Å²) in [7, 11) is 0. The van der Waals surface area contributed by atoms with Crippen LogP contribution >= 0.6 is 47.9 Å². The smallest absolute Gasteiger partial charge is 0.227 e. The normalized spacial score (nSPS) is 19.1. The summed E-state index contributed by atoms with van der Waals surface area (Å²) in [6.07, 6.45) is 1.48. The SMILES string of the molecule is Cl.Cl.O=C(CC1CSCCN1)Nc1nc2c(s1)CN(Cc1ccccc1)CC2. The molecule has 0 saturated carbocycles. The maximum Gasteiger partial charge on any atom is 0.227 e. The molecule has 154 valence electrons. The van der Waals surface area contributed by atoms with Crippen LogP contribution in [0.25, 0.3) is 0 Å². The third-order valence-electron chi connectivity index (χ3n) is 4.74. The van der Waals surface area contributed by atoms with Crippen LogP contribution in [0, 0.1) is 0 Å². The second-order valence-electron chi connectivity index (χ2n) is 6.81. The number of carbonyl (C=O) groups is 1.